The molecule has 6 nitrogen and oxygen atoms in total. The topological polar surface area (TPSA) is 79.5 Å². The summed E-state index contributed by atoms with van der Waals surface area (Å²) in [4.78, 5) is 18.1. The van der Waals surface area contributed by atoms with Crippen LogP contribution in [0.2, 0.25) is 0 Å². The number of rotatable bonds is 4. The number of nitrogens with zero attached hydrogens (tertiary/aromatic N) is 3. The van der Waals surface area contributed by atoms with E-state index in [1.807, 2.05) is 0 Å². The Hall–Kier alpha value is -2.21. The van der Waals surface area contributed by atoms with Crippen molar-refractivity contribution in [2.75, 3.05) is 13.6 Å². The Bertz CT molecular complexity index is 625. The molecule has 1 aliphatic carbocycles. The molecule has 2 unspecified atom stereocenters. The monoisotopic (exact) mass is 301 g/mol. The fourth-order valence-corrected chi connectivity index (χ4v) is 2.94. The maximum Gasteiger partial charge on any atom is 0.253 e. The van der Waals surface area contributed by atoms with Crippen molar-refractivity contribution in [2.24, 2.45) is 5.92 Å². The molecule has 2 atom stereocenters. The minimum Gasteiger partial charge on any atom is -0.393 e. The Balaban J connectivity index is 1.66. The summed E-state index contributed by atoms with van der Waals surface area (Å²) >= 11 is 0. The first kappa shape index (κ1) is 14.7. The van der Waals surface area contributed by atoms with Gasteiger partial charge in [-0.15, -0.1) is 0 Å². The highest BCUT2D eigenvalue weighted by molar-refractivity contribution is 5.94. The van der Waals surface area contributed by atoms with Crippen molar-refractivity contribution < 1.29 is 14.4 Å². The van der Waals surface area contributed by atoms with Crippen LogP contribution in [0.1, 0.15) is 29.6 Å². The zero-order chi connectivity index (χ0) is 15.5. The Labute approximate surface area is 128 Å². The van der Waals surface area contributed by atoms with Gasteiger partial charge in [0.25, 0.3) is 5.91 Å². The van der Waals surface area contributed by atoms with Crippen molar-refractivity contribution in [1.29, 1.82) is 0 Å². The fourth-order valence-electron chi connectivity index (χ4n) is 2.94. The largest absolute Gasteiger partial charge is 0.393 e. The van der Waals surface area contributed by atoms with Crippen molar-refractivity contribution in [3.05, 3.63) is 36.2 Å². The van der Waals surface area contributed by atoms with Gasteiger partial charge in [0.1, 0.15) is 0 Å². The van der Waals surface area contributed by atoms with Crippen LogP contribution in [-0.2, 0) is 0 Å². The number of carbonyl (C=O) groups excluding carboxylic acids is 1. The lowest BCUT2D eigenvalue weighted by atomic mass is 10.0. The molecule has 3 rings (SSSR count). The van der Waals surface area contributed by atoms with E-state index in [2.05, 4.69) is 10.1 Å². The van der Waals surface area contributed by atoms with Crippen molar-refractivity contribution >= 4 is 5.91 Å². The molecule has 1 aromatic carbocycles. The van der Waals surface area contributed by atoms with E-state index in [-0.39, 0.29) is 17.9 Å². The lowest BCUT2D eigenvalue weighted by Crippen LogP contribution is -2.34. The third-order valence-electron chi connectivity index (χ3n) is 4.23. The number of hydrogen-bond acceptors (Lipinski definition) is 5. The van der Waals surface area contributed by atoms with E-state index >= 15 is 0 Å². The third-order valence-corrected chi connectivity index (χ3v) is 4.23. The highest BCUT2D eigenvalue weighted by Crippen LogP contribution is 2.26. The minimum atomic E-state index is -0.282. The second-order valence-corrected chi connectivity index (χ2v) is 5.78. The fraction of sp³-hybridized carbons (Fsp3) is 0.438. The van der Waals surface area contributed by atoms with E-state index in [9.17, 15) is 9.90 Å². The summed E-state index contributed by atoms with van der Waals surface area (Å²) in [5, 5.41) is 13.6. The average Bonchev–Trinajstić information content (AvgIpc) is 3.19. The third kappa shape index (κ3) is 3.01. The summed E-state index contributed by atoms with van der Waals surface area (Å²) in [5.74, 6) is 0.646. The molecule has 1 saturated carbocycles. The molecule has 1 amide bonds. The summed E-state index contributed by atoms with van der Waals surface area (Å²) in [5.41, 5.74) is 1.42. The van der Waals surface area contributed by atoms with Crippen LogP contribution in [0.5, 0.6) is 0 Å². The predicted octanol–water partition coefficient (Wildman–Crippen LogP) is 1.97. The first-order valence-electron chi connectivity index (χ1n) is 7.45. The smallest absolute Gasteiger partial charge is 0.253 e. The van der Waals surface area contributed by atoms with Gasteiger partial charge in [-0.2, -0.15) is 4.98 Å². The minimum absolute atomic E-state index is 0.0428. The molecule has 0 spiro atoms. The van der Waals surface area contributed by atoms with Gasteiger partial charge in [0.2, 0.25) is 12.2 Å². The molecule has 116 valence electrons. The standard InChI is InChI=1S/C16H19N3O3/c1-19(9-13-3-2-4-14(13)20)16(21)12-7-5-11(6-8-12)15-17-10-22-18-15/h5-8,10,13-14,20H,2-4,9H2,1H3. The molecule has 2 aromatic rings. The Kier molecular flexibility index (Phi) is 4.20. The maximum atomic E-state index is 12.4. The maximum absolute atomic E-state index is 12.4. The molecule has 0 radical (unpaired) electrons. The molecular formula is C16H19N3O3. The van der Waals surface area contributed by atoms with E-state index in [0.717, 1.165) is 24.8 Å². The van der Waals surface area contributed by atoms with Gasteiger partial charge in [-0.1, -0.05) is 23.7 Å². The molecule has 1 N–H and O–H groups in total. The van der Waals surface area contributed by atoms with E-state index in [1.165, 1.54) is 6.39 Å². The van der Waals surface area contributed by atoms with Crippen LogP contribution in [0.3, 0.4) is 0 Å². The normalized spacial score (nSPS) is 21.0. The lowest BCUT2D eigenvalue weighted by molar-refractivity contribution is 0.0693. The van der Waals surface area contributed by atoms with Gasteiger partial charge in [-0.25, -0.2) is 0 Å². The van der Waals surface area contributed by atoms with Crippen molar-refractivity contribution in [2.45, 2.75) is 25.4 Å². The average molecular weight is 301 g/mol. The van der Waals surface area contributed by atoms with Crippen LogP contribution < -0.4 is 0 Å². The quantitative estimate of drug-likeness (QED) is 0.934. The second-order valence-electron chi connectivity index (χ2n) is 5.78. The molecule has 1 fully saturated rings. The number of carbonyl (C=O) groups is 1. The van der Waals surface area contributed by atoms with Crippen LogP contribution in [-0.4, -0.2) is 45.8 Å². The first-order chi connectivity index (χ1) is 10.6. The van der Waals surface area contributed by atoms with Gasteiger partial charge in [0, 0.05) is 30.6 Å². The molecule has 6 heteroatoms. The molecular weight excluding hydrogens is 282 g/mol. The summed E-state index contributed by atoms with van der Waals surface area (Å²) in [7, 11) is 1.78. The lowest BCUT2D eigenvalue weighted by Gasteiger charge is -2.23. The summed E-state index contributed by atoms with van der Waals surface area (Å²) in [6.07, 6.45) is 3.85. The van der Waals surface area contributed by atoms with Gasteiger partial charge in [0.05, 0.1) is 6.10 Å². The van der Waals surface area contributed by atoms with Crippen molar-refractivity contribution in [3.63, 3.8) is 0 Å². The number of aromatic nitrogens is 2. The van der Waals surface area contributed by atoms with E-state index < -0.39 is 0 Å². The van der Waals surface area contributed by atoms with Crippen molar-refractivity contribution in [3.8, 4) is 11.4 Å². The second kappa shape index (κ2) is 6.27. The molecule has 1 heterocycles. The van der Waals surface area contributed by atoms with Crippen LogP contribution in [0.15, 0.2) is 35.2 Å². The number of aliphatic hydroxyl groups is 1. The van der Waals surface area contributed by atoms with Crippen LogP contribution in [0.25, 0.3) is 11.4 Å². The number of hydrogen-bond donors (Lipinski definition) is 1. The van der Waals surface area contributed by atoms with Gasteiger partial charge in [-0.3, -0.25) is 4.79 Å². The Morgan fingerprint density at radius 1 is 1.36 bits per heavy atom. The molecule has 0 saturated heterocycles. The number of amides is 1. The molecule has 1 aliphatic rings. The molecule has 22 heavy (non-hydrogen) atoms. The van der Waals surface area contributed by atoms with Gasteiger partial charge < -0.3 is 14.5 Å². The van der Waals surface area contributed by atoms with Crippen molar-refractivity contribution in [1.82, 2.24) is 15.0 Å². The molecule has 0 bridgehead atoms. The Morgan fingerprint density at radius 3 is 2.73 bits per heavy atom. The zero-order valence-electron chi connectivity index (χ0n) is 12.5. The Morgan fingerprint density at radius 2 is 2.14 bits per heavy atom. The van der Waals surface area contributed by atoms with Crippen LogP contribution in [0.4, 0.5) is 0 Å². The summed E-state index contributed by atoms with van der Waals surface area (Å²) < 4.78 is 4.71. The van der Waals surface area contributed by atoms with Crippen LogP contribution in [0, 0.1) is 5.92 Å². The SMILES string of the molecule is CN(CC1CCCC1O)C(=O)c1ccc(-c2ncon2)cc1. The zero-order valence-corrected chi connectivity index (χ0v) is 12.5. The summed E-state index contributed by atoms with van der Waals surface area (Å²) in [6.45, 7) is 0.590. The highest BCUT2D eigenvalue weighted by atomic mass is 16.5. The van der Waals surface area contributed by atoms with Gasteiger partial charge >= 0.3 is 0 Å². The first-order valence-corrected chi connectivity index (χ1v) is 7.45. The molecule has 0 aliphatic heterocycles. The van der Waals surface area contributed by atoms with E-state index in [4.69, 9.17) is 4.52 Å². The predicted molar refractivity (Wildman–Crippen MR) is 80.0 cm³/mol. The van der Waals surface area contributed by atoms with E-state index in [1.54, 1.807) is 36.2 Å². The van der Waals surface area contributed by atoms with Gasteiger partial charge in [-0.05, 0) is 25.0 Å². The highest BCUT2D eigenvalue weighted by Gasteiger charge is 2.27. The number of aliphatic hydroxyl groups excluding tert-OH is 1. The molecule has 1 aromatic heterocycles. The number of benzene rings is 1. The van der Waals surface area contributed by atoms with E-state index in [0.29, 0.717) is 17.9 Å². The van der Waals surface area contributed by atoms with Gasteiger partial charge in [0.15, 0.2) is 0 Å². The summed E-state index contributed by atoms with van der Waals surface area (Å²) in [6, 6.07) is 7.12. The van der Waals surface area contributed by atoms with Crippen LogP contribution >= 0.6 is 0 Å².